The minimum absolute atomic E-state index is 0.254. The molecule has 0 radical (unpaired) electrons. The van der Waals surface area contributed by atoms with Gasteiger partial charge in [-0.15, -0.1) is 0 Å². The van der Waals surface area contributed by atoms with Gasteiger partial charge in [0.05, 0.1) is 11.5 Å². The van der Waals surface area contributed by atoms with Crippen LogP contribution >= 0.6 is 11.8 Å². The summed E-state index contributed by atoms with van der Waals surface area (Å²) < 4.78 is 0. The van der Waals surface area contributed by atoms with Crippen LogP contribution in [0.5, 0.6) is 0 Å². The van der Waals surface area contributed by atoms with Crippen molar-refractivity contribution in [2.24, 2.45) is 11.8 Å². The average molecular weight is 287 g/mol. The number of aliphatic carboxylic acids is 1. The van der Waals surface area contributed by atoms with Crippen molar-refractivity contribution in [2.45, 2.75) is 44.1 Å². The molecule has 0 unspecified atom stereocenters. The molecule has 4 nitrogen and oxygen atoms in total. The SMILES string of the molecule is O=C(O)C1CCC(O)(CNCC2CCSCC2)CC1. The zero-order valence-corrected chi connectivity index (χ0v) is 12.3. The summed E-state index contributed by atoms with van der Waals surface area (Å²) in [6.45, 7) is 1.61. The van der Waals surface area contributed by atoms with Crippen LogP contribution < -0.4 is 5.32 Å². The highest BCUT2D eigenvalue weighted by Gasteiger charge is 2.35. The van der Waals surface area contributed by atoms with E-state index < -0.39 is 11.6 Å². The standard InChI is InChI=1S/C14H25NO3S/c16-13(17)12-1-5-14(18,6-2-12)10-15-9-11-3-7-19-8-4-11/h11-12,15,18H,1-10H2,(H,16,17). The molecule has 1 aliphatic carbocycles. The van der Waals surface area contributed by atoms with Crippen molar-refractivity contribution < 1.29 is 15.0 Å². The lowest BCUT2D eigenvalue weighted by molar-refractivity contribution is -0.144. The van der Waals surface area contributed by atoms with Crippen LogP contribution in [0.25, 0.3) is 0 Å². The predicted octanol–water partition coefficient (Wildman–Crippen LogP) is 1.73. The maximum atomic E-state index is 10.9. The van der Waals surface area contributed by atoms with Crippen LogP contribution in [0.2, 0.25) is 0 Å². The largest absolute Gasteiger partial charge is 0.481 e. The molecular weight excluding hydrogens is 262 g/mol. The summed E-state index contributed by atoms with van der Waals surface area (Å²) in [5.74, 6) is 2.30. The molecule has 0 aromatic carbocycles. The second-order valence-corrected chi connectivity index (χ2v) is 7.25. The van der Waals surface area contributed by atoms with Crippen molar-refractivity contribution in [3.63, 3.8) is 0 Å². The van der Waals surface area contributed by atoms with Gasteiger partial charge in [-0.25, -0.2) is 0 Å². The van der Waals surface area contributed by atoms with Gasteiger partial charge in [-0.1, -0.05) is 0 Å². The van der Waals surface area contributed by atoms with Crippen molar-refractivity contribution in [3.05, 3.63) is 0 Å². The molecular formula is C14H25NO3S. The first-order valence-corrected chi connectivity index (χ1v) is 8.48. The van der Waals surface area contributed by atoms with Gasteiger partial charge >= 0.3 is 5.97 Å². The maximum absolute atomic E-state index is 10.9. The van der Waals surface area contributed by atoms with Gasteiger partial charge in [0.2, 0.25) is 0 Å². The molecule has 1 saturated carbocycles. The van der Waals surface area contributed by atoms with Crippen molar-refractivity contribution in [2.75, 3.05) is 24.6 Å². The van der Waals surface area contributed by atoms with Crippen molar-refractivity contribution in [3.8, 4) is 0 Å². The number of carboxylic acid groups (broad SMARTS) is 1. The molecule has 110 valence electrons. The van der Waals surface area contributed by atoms with Gasteiger partial charge < -0.3 is 15.5 Å². The normalized spacial score (nSPS) is 33.2. The molecule has 0 aromatic heterocycles. The number of rotatable bonds is 5. The van der Waals surface area contributed by atoms with Crippen molar-refractivity contribution in [1.82, 2.24) is 5.32 Å². The molecule has 5 heteroatoms. The average Bonchev–Trinajstić information content (AvgIpc) is 2.40. The van der Waals surface area contributed by atoms with E-state index in [9.17, 15) is 9.90 Å². The number of nitrogens with one attached hydrogen (secondary N) is 1. The van der Waals surface area contributed by atoms with E-state index >= 15 is 0 Å². The first-order chi connectivity index (χ1) is 9.09. The first-order valence-electron chi connectivity index (χ1n) is 7.33. The van der Waals surface area contributed by atoms with E-state index in [1.807, 2.05) is 11.8 Å². The van der Waals surface area contributed by atoms with E-state index in [2.05, 4.69) is 5.32 Å². The van der Waals surface area contributed by atoms with Gasteiger partial charge in [0, 0.05) is 6.54 Å². The third-order valence-electron chi connectivity index (χ3n) is 4.49. The molecule has 0 atom stereocenters. The zero-order valence-electron chi connectivity index (χ0n) is 11.4. The fourth-order valence-corrected chi connectivity index (χ4v) is 4.24. The first kappa shape index (κ1) is 15.1. The molecule has 19 heavy (non-hydrogen) atoms. The Bertz CT molecular complexity index is 297. The summed E-state index contributed by atoms with van der Waals surface area (Å²) in [7, 11) is 0. The molecule has 0 aromatic rings. The molecule has 1 saturated heterocycles. The highest BCUT2D eigenvalue weighted by atomic mass is 32.2. The third kappa shape index (κ3) is 4.65. The molecule has 0 amide bonds. The second-order valence-electron chi connectivity index (χ2n) is 6.02. The Labute approximate surface area is 119 Å². The minimum Gasteiger partial charge on any atom is -0.481 e. The Morgan fingerprint density at radius 1 is 1.21 bits per heavy atom. The number of hydrogen-bond acceptors (Lipinski definition) is 4. The summed E-state index contributed by atoms with van der Waals surface area (Å²) in [5, 5.41) is 22.8. The topological polar surface area (TPSA) is 69.6 Å². The molecule has 1 heterocycles. The molecule has 2 rings (SSSR count). The van der Waals surface area contributed by atoms with Gasteiger partial charge in [0.1, 0.15) is 0 Å². The highest BCUT2D eigenvalue weighted by molar-refractivity contribution is 7.99. The summed E-state index contributed by atoms with van der Waals surface area (Å²) in [6, 6.07) is 0. The Morgan fingerprint density at radius 3 is 2.42 bits per heavy atom. The van der Waals surface area contributed by atoms with Crippen LogP contribution in [0, 0.1) is 11.8 Å². The quantitative estimate of drug-likeness (QED) is 0.718. The summed E-state index contributed by atoms with van der Waals surface area (Å²) in [5.41, 5.74) is -0.685. The summed E-state index contributed by atoms with van der Waals surface area (Å²) >= 11 is 2.03. The van der Waals surface area contributed by atoms with E-state index in [4.69, 9.17) is 5.11 Å². The highest BCUT2D eigenvalue weighted by Crippen LogP contribution is 2.32. The molecule has 2 aliphatic rings. The molecule has 0 spiro atoms. The zero-order chi connectivity index (χ0) is 13.7. The summed E-state index contributed by atoms with van der Waals surface area (Å²) in [4.78, 5) is 10.9. The Kier molecular flexibility index (Phi) is 5.54. The molecule has 2 fully saturated rings. The Balaban J connectivity index is 1.66. The second kappa shape index (κ2) is 6.95. The lowest BCUT2D eigenvalue weighted by atomic mass is 9.79. The van der Waals surface area contributed by atoms with Gasteiger partial charge in [-0.3, -0.25) is 4.79 Å². The summed E-state index contributed by atoms with van der Waals surface area (Å²) in [6.07, 6.45) is 4.98. The maximum Gasteiger partial charge on any atom is 0.306 e. The fraction of sp³-hybridized carbons (Fsp3) is 0.929. The number of hydrogen-bond donors (Lipinski definition) is 3. The van der Waals surface area contributed by atoms with Crippen LogP contribution in [-0.2, 0) is 4.79 Å². The molecule has 0 bridgehead atoms. The minimum atomic E-state index is -0.713. The lowest BCUT2D eigenvalue weighted by Gasteiger charge is -2.35. The third-order valence-corrected chi connectivity index (χ3v) is 5.54. The van der Waals surface area contributed by atoms with Crippen LogP contribution in [0.3, 0.4) is 0 Å². The monoisotopic (exact) mass is 287 g/mol. The molecule has 1 aliphatic heterocycles. The smallest absolute Gasteiger partial charge is 0.306 e. The van der Waals surface area contributed by atoms with Gasteiger partial charge in [0.15, 0.2) is 0 Å². The van der Waals surface area contributed by atoms with Gasteiger partial charge in [-0.05, 0) is 62.5 Å². The number of thioether (sulfide) groups is 1. The van der Waals surface area contributed by atoms with Crippen LogP contribution in [0.15, 0.2) is 0 Å². The number of carbonyl (C=O) groups is 1. The number of aliphatic hydroxyl groups is 1. The van der Waals surface area contributed by atoms with E-state index in [0.29, 0.717) is 32.2 Å². The van der Waals surface area contributed by atoms with Gasteiger partial charge in [-0.2, -0.15) is 11.8 Å². The Morgan fingerprint density at radius 2 is 1.84 bits per heavy atom. The van der Waals surface area contributed by atoms with Crippen LogP contribution in [-0.4, -0.2) is 46.4 Å². The van der Waals surface area contributed by atoms with E-state index in [1.54, 1.807) is 0 Å². The predicted molar refractivity (Wildman–Crippen MR) is 77.5 cm³/mol. The van der Waals surface area contributed by atoms with E-state index in [1.165, 1.54) is 24.3 Å². The fourth-order valence-electron chi connectivity index (χ4n) is 3.04. The van der Waals surface area contributed by atoms with Crippen LogP contribution in [0.4, 0.5) is 0 Å². The van der Waals surface area contributed by atoms with Crippen molar-refractivity contribution in [1.29, 1.82) is 0 Å². The molecule has 3 N–H and O–H groups in total. The van der Waals surface area contributed by atoms with Gasteiger partial charge in [0.25, 0.3) is 0 Å². The van der Waals surface area contributed by atoms with E-state index in [-0.39, 0.29) is 5.92 Å². The van der Waals surface area contributed by atoms with Crippen LogP contribution in [0.1, 0.15) is 38.5 Å². The number of carboxylic acids is 1. The van der Waals surface area contributed by atoms with E-state index in [0.717, 1.165) is 12.5 Å². The Hall–Kier alpha value is -0.260. The lowest BCUT2D eigenvalue weighted by Crippen LogP contribution is -2.45. The van der Waals surface area contributed by atoms with Crippen molar-refractivity contribution >= 4 is 17.7 Å².